The van der Waals surface area contributed by atoms with Crippen molar-refractivity contribution in [3.05, 3.63) is 11.9 Å². The molecule has 0 bridgehead atoms. The van der Waals surface area contributed by atoms with Crippen LogP contribution in [0.5, 0.6) is 5.88 Å². The summed E-state index contributed by atoms with van der Waals surface area (Å²) in [6.07, 6.45) is 4.47. The van der Waals surface area contributed by atoms with Crippen molar-refractivity contribution in [1.82, 2.24) is 14.9 Å². The molecule has 0 aromatic carbocycles. The van der Waals surface area contributed by atoms with Gasteiger partial charge < -0.3 is 15.0 Å². The van der Waals surface area contributed by atoms with Crippen LogP contribution in [0, 0.1) is 0 Å². The summed E-state index contributed by atoms with van der Waals surface area (Å²) in [5.41, 5.74) is 0. The summed E-state index contributed by atoms with van der Waals surface area (Å²) in [4.78, 5) is 11.2. The van der Waals surface area contributed by atoms with Crippen molar-refractivity contribution in [3.8, 4) is 5.88 Å². The van der Waals surface area contributed by atoms with Gasteiger partial charge in [-0.3, -0.25) is 0 Å². The summed E-state index contributed by atoms with van der Waals surface area (Å²) in [7, 11) is 4.05. The zero-order valence-corrected chi connectivity index (χ0v) is 12.1. The number of nitrogens with zero attached hydrogens (tertiary/aromatic N) is 3. The molecule has 1 saturated heterocycles. The molecule has 5 nitrogen and oxygen atoms in total. The number of hydrogen-bond acceptors (Lipinski definition) is 5. The molecule has 1 aromatic rings. The molecular weight excluding hydrogens is 240 g/mol. The Bertz CT molecular complexity index is 388. The Labute approximate surface area is 115 Å². The van der Waals surface area contributed by atoms with Gasteiger partial charge in [0.1, 0.15) is 11.6 Å². The molecule has 0 aliphatic carbocycles. The maximum atomic E-state index is 5.78. The van der Waals surface area contributed by atoms with E-state index in [-0.39, 0.29) is 0 Å². The van der Waals surface area contributed by atoms with Gasteiger partial charge in [0.05, 0.1) is 6.61 Å². The van der Waals surface area contributed by atoms with E-state index in [1.54, 1.807) is 0 Å². The van der Waals surface area contributed by atoms with Crippen molar-refractivity contribution < 1.29 is 4.74 Å². The standard InChI is InChI=1S/C14H24N4O/c1-4-12-16-13(15-2)10-14(17-12)19-9-7-11-6-5-8-18(11)3/h10-11H,4-9H2,1-3H3,(H,15,16,17). The molecule has 0 spiro atoms. The maximum absolute atomic E-state index is 5.78. The number of ether oxygens (including phenoxy) is 1. The number of rotatable bonds is 6. The van der Waals surface area contributed by atoms with Crippen molar-refractivity contribution in [2.75, 3.05) is 32.6 Å². The molecule has 1 atom stereocenters. The van der Waals surface area contributed by atoms with Gasteiger partial charge in [-0.15, -0.1) is 0 Å². The molecule has 1 aliphatic rings. The van der Waals surface area contributed by atoms with Gasteiger partial charge >= 0.3 is 0 Å². The normalized spacial score (nSPS) is 19.6. The van der Waals surface area contributed by atoms with Gasteiger partial charge in [-0.05, 0) is 32.9 Å². The van der Waals surface area contributed by atoms with Gasteiger partial charge in [0.25, 0.3) is 0 Å². The molecule has 1 aliphatic heterocycles. The lowest BCUT2D eigenvalue weighted by Crippen LogP contribution is -2.26. The minimum absolute atomic E-state index is 0.663. The molecule has 0 saturated carbocycles. The first-order chi connectivity index (χ1) is 9.22. The van der Waals surface area contributed by atoms with E-state index in [1.807, 2.05) is 20.0 Å². The van der Waals surface area contributed by atoms with Gasteiger partial charge in [-0.1, -0.05) is 6.92 Å². The molecule has 1 aromatic heterocycles. The van der Waals surface area contributed by atoms with Crippen molar-refractivity contribution in [2.24, 2.45) is 0 Å². The molecule has 1 fully saturated rings. The first-order valence-electron chi connectivity index (χ1n) is 7.11. The van der Waals surface area contributed by atoms with Crippen LogP contribution >= 0.6 is 0 Å². The number of likely N-dealkylation sites (tertiary alicyclic amines) is 1. The van der Waals surface area contributed by atoms with Crippen molar-refractivity contribution in [1.29, 1.82) is 0 Å². The van der Waals surface area contributed by atoms with Gasteiger partial charge in [0.15, 0.2) is 0 Å². The van der Waals surface area contributed by atoms with E-state index in [2.05, 4.69) is 27.2 Å². The largest absolute Gasteiger partial charge is 0.477 e. The van der Waals surface area contributed by atoms with Crippen LogP contribution in [0.25, 0.3) is 0 Å². The van der Waals surface area contributed by atoms with Crippen molar-refractivity contribution >= 4 is 5.82 Å². The monoisotopic (exact) mass is 264 g/mol. The topological polar surface area (TPSA) is 50.3 Å². The zero-order valence-electron chi connectivity index (χ0n) is 12.1. The minimum Gasteiger partial charge on any atom is -0.477 e. The number of nitrogens with one attached hydrogen (secondary N) is 1. The van der Waals surface area contributed by atoms with E-state index in [1.165, 1.54) is 19.4 Å². The second-order valence-electron chi connectivity index (χ2n) is 5.03. The van der Waals surface area contributed by atoms with Gasteiger partial charge in [-0.25, -0.2) is 4.98 Å². The summed E-state index contributed by atoms with van der Waals surface area (Å²) in [6.45, 7) is 3.98. The zero-order chi connectivity index (χ0) is 13.7. The highest BCUT2D eigenvalue weighted by atomic mass is 16.5. The molecule has 106 valence electrons. The van der Waals surface area contributed by atoms with Crippen LogP contribution in [-0.4, -0.2) is 48.2 Å². The lowest BCUT2D eigenvalue weighted by Gasteiger charge is -2.19. The summed E-state index contributed by atoms with van der Waals surface area (Å²) < 4.78 is 5.78. The minimum atomic E-state index is 0.663. The first-order valence-corrected chi connectivity index (χ1v) is 7.11. The third-order valence-corrected chi connectivity index (χ3v) is 3.69. The summed E-state index contributed by atoms with van der Waals surface area (Å²) in [6, 6.07) is 2.52. The predicted octanol–water partition coefficient (Wildman–Crippen LogP) is 1.94. The van der Waals surface area contributed by atoms with Gasteiger partial charge in [0, 0.05) is 25.6 Å². The highest BCUT2D eigenvalue weighted by Gasteiger charge is 2.20. The van der Waals surface area contributed by atoms with Crippen LogP contribution in [-0.2, 0) is 6.42 Å². The van der Waals surface area contributed by atoms with Crippen LogP contribution in [0.2, 0.25) is 0 Å². The van der Waals surface area contributed by atoms with Crippen LogP contribution in [0.1, 0.15) is 32.0 Å². The van der Waals surface area contributed by atoms with Crippen LogP contribution < -0.4 is 10.1 Å². The third-order valence-electron chi connectivity index (χ3n) is 3.69. The highest BCUT2D eigenvalue weighted by molar-refractivity contribution is 5.37. The SMILES string of the molecule is CCc1nc(NC)cc(OCCC2CCCN2C)n1. The number of hydrogen-bond donors (Lipinski definition) is 1. The molecule has 19 heavy (non-hydrogen) atoms. The van der Waals surface area contributed by atoms with E-state index in [9.17, 15) is 0 Å². The Morgan fingerprint density at radius 2 is 2.32 bits per heavy atom. The van der Waals surface area contributed by atoms with Crippen LogP contribution in [0.15, 0.2) is 6.07 Å². The predicted molar refractivity (Wildman–Crippen MR) is 76.7 cm³/mol. The summed E-state index contributed by atoms with van der Waals surface area (Å²) in [5, 5.41) is 3.04. The van der Waals surface area contributed by atoms with E-state index in [0.29, 0.717) is 11.9 Å². The summed E-state index contributed by atoms with van der Waals surface area (Å²) >= 11 is 0. The van der Waals surface area contributed by atoms with E-state index in [0.717, 1.165) is 31.1 Å². The second kappa shape index (κ2) is 6.70. The summed E-state index contributed by atoms with van der Waals surface area (Å²) in [5.74, 6) is 2.32. The fourth-order valence-electron chi connectivity index (χ4n) is 2.48. The van der Waals surface area contributed by atoms with Crippen molar-refractivity contribution in [2.45, 2.75) is 38.6 Å². The molecule has 5 heteroatoms. The fraction of sp³-hybridized carbons (Fsp3) is 0.714. The lowest BCUT2D eigenvalue weighted by molar-refractivity contribution is 0.228. The molecule has 2 heterocycles. The first kappa shape index (κ1) is 14.1. The van der Waals surface area contributed by atoms with Gasteiger partial charge in [0.2, 0.25) is 5.88 Å². The maximum Gasteiger partial charge on any atom is 0.218 e. The Hall–Kier alpha value is -1.36. The number of aryl methyl sites for hydroxylation is 1. The van der Waals surface area contributed by atoms with Gasteiger partial charge in [-0.2, -0.15) is 4.98 Å². The Kier molecular flexibility index (Phi) is 4.96. The fourth-order valence-corrected chi connectivity index (χ4v) is 2.48. The Balaban J connectivity index is 1.88. The quantitative estimate of drug-likeness (QED) is 0.851. The highest BCUT2D eigenvalue weighted by Crippen LogP contribution is 2.19. The number of aromatic nitrogens is 2. The Morgan fingerprint density at radius 1 is 1.47 bits per heavy atom. The van der Waals surface area contributed by atoms with Crippen LogP contribution in [0.3, 0.4) is 0 Å². The number of anilines is 1. The molecule has 2 rings (SSSR count). The Morgan fingerprint density at radius 3 is 2.95 bits per heavy atom. The van der Waals surface area contributed by atoms with E-state index < -0.39 is 0 Å². The molecule has 1 N–H and O–H groups in total. The molecule has 1 unspecified atom stereocenters. The van der Waals surface area contributed by atoms with E-state index in [4.69, 9.17) is 4.74 Å². The molecular formula is C14H24N4O. The molecule has 0 amide bonds. The third kappa shape index (κ3) is 3.80. The smallest absolute Gasteiger partial charge is 0.218 e. The van der Waals surface area contributed by atoms with Crippen molar-refractivity contribution in [3.63, 3.8) is 0 Å². The molecule has 0 radical (unpaired) electrons. The van der Waals surface area contributed by atoms with Crippen LogP contribution in [0.4, 0.5) is 5.82 Å². The van der Waals surface area contributed by atoms with E-state index >= 15 is 0 Å². The second-order valence-corrected chi connectivity index (χ2v) is 5.03. The average molecular weight is 264 g/mol. The lowest BCUT2D eigenvalue weighted by atomic mass is 10.1. The average Bonchev–Trinajstić information content (AvgIpc) is 2.84.